The van der Waals surface area contributed by atoms with Crippen LogP contribution < -0.4 is 4.89 Å². The minimum atomic E-state index is -4.52. The van der Waals surface area contributed by atoms with Gasteiger partial charge in [-0.2, -0.15) is 0 Å². The average molecular weight is 522 g/mol. The molecule has 9 heteroatoms. The van der Waals surface area contributed by atoms with Crippen molar-refractivity contribution in [2.24, 2.45) is 0 Å². The van der Waals surface area contributed by atoms with Gasteiger partial charge in [-0.15, -0.1) is 0 Å². The molecule has 208 valence electrons. The molecule has 0 saturated heterocycles. The Morgan fingerprint density at radius 2 is 1.46 bits per heavy atom. The number of quaternary nitrogens is 1. The fourth-order valence-electron chi connectivity index (χ4n) is 3.37. The molecule has 0 radical (unpaired) electrons. The lowest BCUT2D eigenvalue weighted by molar-refractivity contribution is -0.870. The number of hydrogen-bond donors (Lipinski definition) is 1. The van der Waals surface area contributed by atoms with Crippen molar-refractivity contribution in [3.63, 3.8) is 0 Å². The van der Waals surface area contributed by atoms with E-state index in [0.717, 1.165) is 12.8 Å². The van der Waals surface area contributed by atoms with Gasteiger partial charge in [0.1, 0.15) is 19.3 Å². The minimum Gasteiger partial charge on any atom is -0.756 e. The highest BCUT2D eigenvalue weighted by Gasteiger charge is 2.19. The van der Waals surface area contributed by atoms with E-state index >= 15 is 0 Å². The van der Waals surface area contributed by atoms with Gasteiger partial charge in [-0.1, -0.05) is 83.3 Å². The number of phosphoric ester groups is 1. The molecule has 0 amide bonds. The van der Waals surface area contributed by atoms with Crippen molar-refractivity contribution < 1.29 is 37.6 Å². The number of phosphoric acid groups is 1. The molecule has 0 aromatic rings. The van der Waals surface area contributed by atoms with Crippen LogP contribution in [-0.4, -0.2) is 69.2 Å². The van der Waals surface area contributed by atoms with Gasteiger partial charge >= 0.3 is 5.97 Å². The predicted octanol–water partition coefficient (Wildman–Crippen LogP) is 5.14. The fraction of sp³-hybridized carbons (Fsp3) is 0.885. The highest BCUT2D eigenvalue weighted by atomic mass is 31.2. The van der Waals surface area contributed by atoms with Crippen molar-refractivity contribution in [1.82, 2.24) is 0 Å². The second-order valence-electron chi connectivity index (χ2n) is 10.2. The highest BCUT2D eigenvalue weighted by molar-refractivity contribution is 7.45. The van der Waals surface area contributed by atoms with E-state index in [1.807, 2.05) is 27.2 Å². The number of ether oxygens (including phenoxy) is 1. The first-order valence-electron chi connectivity index (χ1n) is 13.5. The molecule has 0 spiro atoms. The number of unbranched alkanes of at least 4 members (excludes halogenated alkanes) is 11. The van der Waals surface area contributed by atoms with Gasteiger partial charge < -0.3 is 28.3 Å². The van der Waals surface area contributed by atoms with E-state index in [4.69, 9.17) is 13.8 Å². The lowest BCUT2D eigenvalue weighted by atomic mass is 10.1. The number of rotatable bonds is 24. The van der Waals surface area contributed by atoms with Gasteiger partial charge in [-0.05, 0) is 19.3 Å². The maximum atomic E-state index is 11.9. The SMILES string of the molecule is CCCCCCCCCCCCC/C=C\CCC(=O)OC(CO)COP(=O)([O-])OCC[N+](C)(C)C. The predicted molar refractivity (Wildman–Crippen MR) is 139 cm³/mol. The van der Waals surface area contributed by atoms with E-state index in [-0.39, 0.29) is 13.0 Å². The largest absolute Gasteiger partial charge is 0.756 e. The highest BCUT2D eigenvalue weighted by Crippen LogP contribution is 2.38. The van der Waals surface area contributed by atoms with Crippen LogP contribution in [0.25, 0.3) is 0 Å². The zero-order chi connectivity index (χ0) is 26.4. The number of esters is 1. The van der Waals surface area contributed by atoms with Crippen LogP contribution in [0.1, 0.15) is 96.8 Å². The Morgan fingerprint density at radius 1 is 0.914 bits per heavy atom. The molecule has 0 bridgehead atoms. The second kappa shape index (κ2) is 21.3. The maximum absolute atomic E-state index is 11.9. The summed E-state index contributed by atoms with van der Waals surface area (Å²) < 4.78 is 27.0. The Hall–Kier alpha value is -0.760. The average Bonchev–Trinajstić information content (AvgIpc) is 2.78. The van der Waals surface area contributed by atoms with Crippen molar-refractivity contribution in [2.45, 2.75) is 103 Å². The summed E-state index contributed by atoms with van der Waals surface area (Å²) in [6.07, 6.45) is 19.3. The van der Waals surface area contributed by atoms with Crippen molar-refractivity contribution in [1.29, 1.82) is 0 Å². The van der Waals surface area contributed by atoms with Crippen molar-refractivity contribution >= 4 is 13.8 Å². The second-order valence-corrected chi connectivity index (χ2v) is 11.6. The van der Waals surface area contributed by atoms with Crippen LogP contribution in [0.2, 0.25) is 0 Å². The normalized spacial score (nSPS) is 14.8. The third kappa shape index (κ3) is 24.7. The van der Waals surface area contributed by atoms with Crippen LogP contribution in [0.5, 0.6) is 0 Å². The molecule has 0 aromatic carbocycles. The molecule has 2 atom stereocenters. The zero-order valence-corrected chi connectivity index (χ0v) is 23.6. The first-order chi connectivity index (χ1) is 16.6. The standard InChI is InChI=1S/C26H52NO7P/c1-5-6-7-8-9-10-11-12-13-14-15-16-17-18-19-20-26(29)34-25(23-28)24-33-35(30,31)32-22-21-27(2,3)4/h17-18,25,28H,5-16,19-24H2,1-4H3/b18-17-. The van der Waals surface area contributed by atoms with E-state index in [1.54, 1.807) is 0 Å². The van der Waals surface area contributed by atoms with Crippen molar-refractivity contribution in [3.8, 4) is 0 Å². The number of aliphatic hydroxyl groups excluding tert-OH is 1. The number of likely N-dealkylation sites (N-methyl/N-ethyl adjacent to an activating group) is 1. The molecule has 0 aliphatic rings. The number of allylic oxidation sites excluding steroid dienone is 2. The fourth-order valence-corrected chi connectivity index (χ4v) is 4.10. The van der Waals surface area contributed by atoms with Crippen molar-refractivity contribution in [2.75, 3.05) is 47.5 Å². The monoisotopic (exact) mass is 521 g/mol. The quantitative estimate of drug-likeness (QED) is 0.0617. The first-order valence-corrected chi connectivity index (χ1v) is 14.9. The summed E-state index contributed by atoms with van der Waals surface area (Å²) in [5.41, 5.74) is 0. The Balaban J connectivity index is 3.78. The molecule has 8 nitrogen and oxygen atoms in total. The van der Waals surface area contributed by atoms with Crippen LogP contribution in [0.3, 0.4) is 0 Å². The van der Waals surface area contributed by atoms with Crippen LogP contribution in [0, 0.1) is 0 Å². The summed E-state index contributed by atoms with van der Waals surface area (Å²) in [6, 6.07) is 0. The third-order valence-corrected chi connectivity index (χ3v) is 6.55. The van der Waals surface area contributed by atoms with Crippen molar-refractivity contribution in [3.05, 3.63) is 12.2 Å². The molecule has 35 heavy (non-hydrogen) atoms. The van der Waals surface area contributed by atoms with E-state index in [1.165, 1.54) is 64.2 Å². The maximum Gasteiger partial charge on any atom is 0.306 e. The molecular weight excluding hydrogens is 469 g/mol. The van der Waals surface area contributed by atoms with Gasteiger partial charge in [-0.3, -0.25) is 9.36 Å². The zero-order valence-electron chi connectivity index (χ0n) is 22.8. The molecule has 0 aliphatic carbocycles. The van der Waals surface area contributed by atoms with Gasteiger partial charge in [0.05, 0.1) is 34.4 Å². The number of carbonyl (C=O) groups is 1. The summed E-state index contributed by atoms with van der Waals surface area (Å²) in [4.78, 5) is 23.7. The molecular formula is C26H52NO7P. The van der Waals surface area contributed by atoms with E-state index in [0.29, 0.717) is 17.4 Å². The number of nitrogens with zero attached hydrogens (tertiary/aromatic N) is 1. The van der Waals surface area contributed by atoms with E-state index < -0.39 is 33.1 Å². The van der Waals surface area contributed by atoms with Crippen LogP contribution in [0.4, 0.5) is 0 Å². The molecule has 1 N–H and O–H groups in total. The number of aliphatic hydroxyl groups is 1. The Kier molecular flexibility index (Phi) is 20.9. The van der Waals surface area contributed by atoms with Gasteiger partial charge in [0.15, 0.2) is 0 Å². The van der Waals surface area contributed by atoms with Gasteiger partial charge in [0.2, 0.25) is 0 Å². The van der Waals surface area contributed by atoms with E-state index in [2.05, 4.69) is 13.0 Å². The molecule has 2 unspecified atom stereocenters. The molecule has 0 heterocycles. The lowest BCUT2D eigenvalue weighted by Crippen LogP contribution is -2.37. The summed E-state index contributed by atoms with van der Waals surface area (Å²) in [5.74, 6) is -0.501. The molecule has 0 aromatic heterocycles. The Labute approximate surface area is 214 Å². The minimum absolute atomic E-state index is 0.0145. The van der Waals surface area contributed by atoms with Gasteiger partial charge in [-0.25, -0.2) is 0 Å². The number of hydrogen-bond acceptors (Lipinski definition) is 7. The summed E-state index contributed by atoms with van der Waals surface area (Å²) in [7, 11) is 1.22. The molecule has 0 saturated carbocycles. The lowest BCUT2D eigenvalue weighted by Gasteiger charge is -2.28. The molecule has 0 rings (SSSR count). The summed E-state index contributed by atoms with van der Waals surface area (Å²) >= 11 is 0. The molecule has 0 fully saturated rings. The van der Waals surface area contributed by atoms with Crippen LogP contribution in [0.15, 0.2) is 12.2 Å². The van der Waals surface area contributed by atoms with Crippen LogP contribution >= 0.6 is 7.82 Å². The summed E-state index contributed by atoms with van der Waals surface area (Å²) in [5, 5.41) is 9.35. The van der Waals surface area contributed by atoms with Gasteiger partial charge in [0.25, 0.3) is 7.82 Å². The third-order valence-electron chi connectivity index (χ3n) is 5.59. The Morgan fingerprint density at radius 3 is 2.00 bits per heavy atom. The van der Waals surface area contributed by atoms with Crippen LogP contribution in [-0.2, 0) is 23.1 Å². The molecule has 0 aliphatic heterocycles. The number of carbonyl (C=O) groups excluding carboxylic acids is 1. The summed E-state index contributed by atoms with van der Waals surface area (Å²) in [6.45, 7) is 1.72. The topological polar surface area (TPSA) is 105 Å². The van der Waals surface area contributed by atoms with Gasteiger partial charge in [0, 0.05) is 6.42 Å². The Bertz CT molecular complexity index is 593. The smallest absolute Gasteiger partial charge is 0.306 e. The van der Waals surface area contributed by atoms with E-state index in [9.17, 15) is 19.4 Å². The first kappa shape index (κ1) is 34.2.